The summed E-state index contributed by atoms with van der Waals surface area (Å²) in [5, 5.41) is 0. The molecule has 0 N–H and O–H groups in total. The highest BCUT2D eigenvalue weighted by molar-refractivity contribution is 5.76. The lowest BCUT2D eigenvalue weighted by Gasteiger charge is -2.49. The van der Waals surface area contributed by atoms with E-state index in [9.17, 15) is 4.79 Å². The number of hydrogen-bond donors (Lipinski definition) is 0. The molecule has 2 aliphatic rings. The zero-order chi connectivity index (χ0) is 17.9. The van der Waals surface area contributed by atoms with E-state index in [1.54, 1.807) is 7.11 Å². The molecule has 1 aromatic heterocycles. The highest BCUT2D eigenvalue weighted by Crippen LogP contribution is 2.32. The summed E-state index contributed by atoms with van der Waals surface area (Å²) < 4.78 is 5.06. The first kappa shape index (κ1) is 18.2. The second kappa shape index (κ2) is 7.76. The molecule has 1 spiro atoms. The maximum absolute atomic E-state index is 12.1. The minimum absolute atomic E-state index is 0.0928. The van der Waals surface area contributed by atoms with Gasteiger partial charge in [0.1, 0.15) is 6.61 Å². The SMILES string of the molecule is COCc1ncc(CN2CCN(C)[C@]3(CCC(=O)N(C)CC3)C2)cn1. The second-order valence-corrected chi connectivity index (χ2v) is 7.36. The Balaban J connectivity index is 1.66. The number of ether oxygens (including phenoxy) is 1. The Hall–Kier alpha value is -1.57. The van der Waals surface area contributed by atoms with Crippen LogP contribution in [0.4, 0.5) is 0 Å². The van der Waals surface area contributed by atoms with Crippen LogP contribution in [0.15, 0.2) is 12.4 Å². The fourth-order valence-electron chi connectivity index (χ4n) is 3.90. The summed E-state index contributed by atoms with van der Waals surface area (Å²) in [7, 11) is 5.77. The highest BCUT2D eigenvalue weighted by atomic mass is 16.5. The van der Waals surface area contributed by atoms with Crippen molar-refractivity contribution in [2.45, 2.75) is 38.0 Å². The highest BCUT2D eigenvalue weighted by Gasteiger charge is 2.41. The quantitative estimate of drug-likeness (QED) is 0.801. The lowest BCUT2D eigenvalue weighted by molar-refractivity contribution is -0.129. The summed E-state index contributed by atoms with van der Waals surface area (Å²) in [6.07, 6.45) is 6.41. The van der Waals surface area contributed by atoms with Gasteiger partial charge in [-0.15, -0.1) is 0 Å². The largest absolute Gasteiger partial charge is 0.377 e. The van der Waals surface area contributed by atoms with Crippen LogP contribution in [0.1, 0.15) is 30.7 Å². The minimum atomic E-state index is 0.0928. The molecule has 1 aromatic rings. The van der Waals surface area contributed by atoms with Gasteiger partial charge in [-0.25, -0.2) is 9.97 Å². The molecule has 3 rings (SSSR count). The molecule has 138 valence electrons. The monoisotopic (exact) mass is 347 g/mol. The number of carbonyl (C=O) groups excluding carboxylic acids is 1. The van der Waals surface area contributed by atoms with Crippen LogP contribution in [0.5, 0.6) is 0 Å². The first-order chi connectivity index (χ1) is 12.0. The molecule has 25 heavy (non-hydrogen) atoms. The zero-order valence-corrected chi connectivity index (χ0v) is 15.6. The molecule has 0 aromatic carbocycles. The van der Waals surface area contributed by atoms with Crippen molar-refractivity contribution in [2.24, 2.45) is 0 Å². The van der Waals surface area contributed by atoms with Gasteiger partial charge >= 0.3 is 0 Å². The van der Waals surface area contributed by atoms with E-state index in [4.69, 9.17) is 4.74 Å². The van der Waals surface area contributed by atoms with Gasteiger partial charge in [-0.05, 0) is 19.9 Å². The fourth-order valence-corrected chi connectivity index (χ4v) is 3.90. The molecule has 2 aliphatic heterocycles. The van der Waals surface area contributed by atoms with Crippen molar-refractivity contribution in [1.29, 1.82) is 0 Å². The van der Waals surface area contributed by atoms with Crippen molar-refractivity contribution in [3.63, 3.8) is 0 Å². The molecule has 3 heterocycles. The normalized spacial score (nSPS) is 26.2. The average molecular weight is 347 g/mol. The van der Waals surface area contributed by atoms with Gasteiger partial charge in [-0.1, -0.05) is 0 Å². The predicted molar refractivity (Wildman–Crippen MR) is 94.9 cm³/mol. The van der Waals surface area contributed by atoms with Crippen LogP contribution in [0.25, 0.3) is 0 Å². The standard InChI is InChI=1S/C18H29N5O2/c1-21-7-6-18(5-4-17(21)24)14-23(9-8-22(18)2)12-15-10-19-16(13-25-3)20-11-15/h10-11H,4-9,12-14H2,1-3H3/t18-/m0/s1. The maximum Gasteiger partial charge on any atom is 0.222 e. The first-order valence-corrected chi connectivity index (χ1v) is 8.99. The van der Waals surface area contributed by atoms with Gasteiger partial charge in [0.05, 0.1) is 0 Å². The minimum Gasteiger partial charge on any atom is -0.377 e. The Morgan fingerprint density at radius 3 is 2.64 bits per heavy atom. The number of methoxy groups -OCH3 is 1. The van der Waals surface area contributed by atoms with E-state index in [-0.39, 0.29) is 11.4 Å². The summed E-state index contributed by atoms with van der Waals surface area (Å²) in [6, 6.07) is 0. The Bertz CT molecular complexity index is 594. The molecule has 0 unspecified atom stereocenters. The van der Waals surface area contributed by atoms with Gasteiger partial charge in [-0.3, -0.25) is 14.6 Å². The number of nitrogens with zero attached hydrogens (tertiary/aromatic N) is 5. The molecule has 7 heteroatoms. The Kier molecular flexibility index (Phi) is 5.66. The van der Waals surface area contributed by atoms with Crippen molar-refractivity contribution in [1.82, 2.24) is 24.7 Å². The lowest BCUT2D eigenvalue weighted by atomic mass is 9.86. The van der Waals surface area contributed by atoms with Gasteiger partial charge in [-0.2, -0.15) is 0 Å². The van der Waals surface area contributed by atoms with Crippen molar-refractivity contribution in [3.05, 3.63) is 23.8 Å². The van der Waals surface area contributed by atoms with Gasteiger partial charge in [0.25, 0.3) is 0 Å². The summed E-state index contributed by atoms with van der Waals surface area (Å²) in [5.74, 6) is 0.982. The second-order valence-electron chi connectivity index (χ2n) is 7.36. The van der Waals surface area contributed by atoms with Crippen molar-refractivity contribution in [2.75, 3.05) is 47.4 Å². The summed E-state index contributed by atoms with van der Waals surface area (Å²) in [5.41, 5.74) is 1.22. The Morgan fingerprint density at radius 1 is 1.16 bits per heavy atom. The van der Waals surface area contributed by atoms with Crippen LogP contribution in [0, 0.1) is 0 Å². The average Bonchev–Trinajstić information content (AvgIpc) is 2.75. The molecular formula is C18H29N5O2. The maximum atomic E-state index is 12.1. The number of aromatic nitrogens is 2. The number of rotatable bonds is 4. The topological polar surface area (TPSA) is 61.8 Å². The van der Waals surface area contributed by atoms with Crippen LogP contribution in [-0.4, -0.2) is 83.5 Å². The van der Waals surface area contributed by atoms with Crippen LogP contribution in [0.2, 0.25) is 0 Å². The summed E-state index contributed by atoms with van der Waals surface area (Å²) >= 11 is 0. The van der Waals surface area contributed by atoms with E-state index in [1.165, 1.54) is 0 Å². The van der Waals surface area contributed by atoms with E-state index in [0.29, 0.717) is 18.9 Å². The summed E-state index contributed by atoms with van der Waals surface area (Å²) in [4.78, 5) is 27.6. The van der Waals surface area contributed by atoms with Crippen molar-refractivity contribution in [3.8, 4) is 0 Å². The van der Waals surface area contributed by atoms with Crippen LogP contribution >= 0.6 is 0 Å². The third-order valence-electron chi connectivity index (χ3n) is 5.66. The van der Waals surface area contributed by atoms with Crippen molar-refractivity contribution >= 4 is 5.91 Å². The molecule has 2 saturated heterocycles. The van der Waals surface area contributed by atoms with Gasteiger partial charge in [0, 0.05) is 76.8 Å². The number of amides is 1. The van der Waals surface area contributed by atoms with Crippen LogP contribution in [-0.2, 0) is 22.7 Å². The molecule has 0 aliphatic carbocycles. The first-order valence-electron chi connectivity index (χ1n) is 8.99. The lowest BCUT2D eigenvalue weighted by Crippen LogP contribution is -2.60. The number of piperazine rings is 1. The third-order valence-corrected chi connectivity index (χ3v) is 5.66. The smallest absolute Gasteiger partial charge is 0.222 e. The molecule has 2 fully saturated rings. The molecule has 0 radical (unpaired) electrons. The molecule has 0 bridgehead atoms. The van der Waals surface area contributed by atoms with Crippen LogP contribution < -0.4 is 0 Å². The predicted octanol–water partition coefficient (Wildman–Crippen LogP) is 0.752. The number of hydrogen-bond acceptors (Lipinski definition) is 6. The number of carbonyl (C=O) groups is 1. The van der Waals surface area contributed by atoms with E-state index < -0.39 is 0 Å². The number of likely N-dealkylation sites (tertiary alicyclic amines) is 1. The van der Waals surface area contributed by atoms with Gasteiger partial charge < -0.3 is 9.64 Å². The Morgan fingerprint density at radius 2 is 1.92 bits per heavy atom. The molecule has 7 nitrogen and oxygen atoms in total. The van der Waals surface area contributed by atoms with Gasteiger partial charge in [0.15, 0.2) is 5.82 Å². The zero-order valence-electron chi connectivity index (χ0n) is 15.6. The molecule has 0 saturated carbocycles. The number of likely N-dealkylation sites (N-methyl/N-ethyl adjacent to an activating group) is 1. The molecule has 1 amide bonds. The third kappa shape index (κ3) is 4.16. The van der Waals surface area contributed by atoms with Crippen LogP contribution in [0.3, 0.4) is 0 Å². The van der Waals surface area contributed by atoms with Gasteiger partial charge in [0.2, 0.25) is 5.91 Å². The summed E-state index contributed by atoms with van der Waals surface area (Å²) in [6.45, 7) is 5.19. The van der Waals surface area contributed by atoms with E-state index >= 15 is 0 Å². The van der Waals surface area contributed by atoms with Crippen molar-refractivity contribution < 1.29 is 9.53 Å². The van der Waals surface area contributed by atoms with E-state index in [0.717, 1.165) is 51.1 Å². The molecule has 1 atom stereocenters. The fraction of sp³-hybridized carbons (Fsp3) is 0.722. The van der Waals surface area contributed by atoms with E-state index in [1.807, 2.05) is 24.3 Å². The van der Waals surface area contributed by atoms with E-state index in [2.05, 4.69) is 26.8 Å². The molecular weight excluding hydrogens is 318 g/mol. The Labute approximate surface area is 150 Å².